The number of hydrogen-bond acceptors (Lipinski definition) is 3. The molecule has 1 aromatic carbocycles. The Kier molecular flexibility index (Phi) is 4.41. The third-order valence-electron chi connectivity index (χ3n) is 2.90. The van der Waals surface area contributed by atoms with E-state index in [4.69, 9.17) is 16.3 Å². The van der Waals surface area contributed by atoms with Gasteiger partial charge >= 0.3 is 6.03 Å². The van der Waals surface area contributed by atoms with Gasteiger partial charge < -0.3 is 20.7 Å². The van der Waals surface area contributed by atoms with E-state index in [2.05, 4.69) is 16.0 Å². The first kappa shape index (κ1) is 13.1. The Labute approximate surface area is 111 Å². The standard InChI is InChI=1S/C12H16ClN3O2/c1-18-11-7-14-6-10(11)16-12(17)15-9-5-3-2-4-8(9)13/h2-5,10-11,14H,6-7H2,1H3,(H2,15,16,17)/t10?,11-/m1/s1. The van der Waals surface area contributed by atoms with E-state index in [-0.39, 0.29) is 18.2 Å². The largest absolute Gasteiger partial charge is 0.378 e. The van der Waals surface area contributed by atoms with E-state index < -0.39 is 0 Å². The monoisotopic (exact) mass is 269 g/mol. The summed E-state index contributed by atoms with van der Waals surface area (Å²) >= 11 is 5.96. The second-order valence-electron chi connectivity index (χ2n) is 4.12. The molecule has 2 rings (SSSR count). The smallest absolute Gasteiger partial charge is 0.319 e. The van der Waals surface area contributed by atoms with Crippen LogP contribution in [0.25, 0.3) is 0 Å². The van der Waals surface area contributed by atoms with E-state index in [1.54, 1.807) is 19.2 Å². The maximum Gasteiger partial charge on any atom is 0.319 e. The van der Waals surface area contributed by atoms with Gasteiger partial charge in [-0.15, -0.1) is 0 Å². The number of rotatable bonds is 3. The molecule has 98 valence electrons. The van der Waals surface area contributed by atoms with Crippen LogP contribution >= 0.6 is 11.6 Å². The summed E-state index contributed by atoms with van der Waals surface area (Å²) in [4.78, 5) is 11.8. The molecule has 2 amide bonds. The molecule has 18 heavy (non-hydrogen) atoms. The van der Waals surface area contributed by atoms with Crippen LogP contribution in [0.5, 0.6) is 0 Å². The fourth-order valence-electron chi connectivity index (χ4n) is 1.94. The lowest BCUT2D eigenvalue weighted by atomic mass is 10.2. The Balaban J connectivity index is 1.91. The molecule has 1 unspecified atom stereocenters. The van der Waals surface area contributed by atoms with Crippen molar-refractivity contribution in [3.05, 3.63) is 29.3 Å². The van der Waals surface area contributed by atoms with Gasteiger partial charge in [0.1, 0.15) is 0 Å². The summed E-state index contributed by atoms with van der Waals surface area (Å²) in [6, 6.07) is 6.80. The maximum absolute atomic E-state index is 11.8. The zero-order valence-electron chi connectivity index (χ0n) is 10.1. The van der Waals surface area contributed by atoms with Crippen molar-refractivity contribution in [2.24, 2.45) is 0 Å². The van der Waals surface area contributed by atoms with Crippen molar-refractivity contribution < 1.29 is 9.53 Å². The van der Waals surface area contributed by atoms with Gasteiger partial charge in [0.05, 0.1) is 22.9 Å². The number of nitrogens with one attached hydrogen (secondary N) is 3. The quantitative estimate of drug-likeness (QED) is 0.778. The molecule has 0 saturated carbocycles. The summed E-state index contributed by atoms with van der Waals surface area (Å²) in [6.07, 6.45) is 0.00185. The van der Waals surface area contributed by atoms with Gasteiger partial charge in [-0.05, 0) is 12.1 Å². The molecule has 1 aliphatic rings. The van der Waals surface area contributed by atoms with Gasteiger partial charge in [-0.3, -0.25) is 0 Å². The van der Waals surface area contributed by atoms with Crippen LogP contribution in [-0.2, 0) is 4.74 Å². The predicted octanol–water partition coefficient (Wildman–Crippen LogP) is 1.45. The normalized spacial score (nSPS) is 22.8. The SMILES string of the molecule is CO[C@@H]1CNCC1NC(=O)Nc1ccccc1Cl. The molecule has 2 atom stereocenters. The third kappa shape index (κ3) is 3.13. The lowest BCUT2D eigenvalue weighted by Crippen LogP contribution is -2.45. The molecule has 0 spiro atoms. The first-order chi connectivity index (χ1) is 8.70. The van der Waals surface area contributed by atoms with Gasteiger partial charge in [0, 0.05) is 20.2 Å². The molecular weight excluding hydrogens is 254 g/mol. The second-order valence-corrected chi connectivity index (χ2v) is 4.52. The minimum atomic E-state index is -0.279. The van der Waals surface area contributed by atoms with Gasteiger partial charge in [-0.2, -0.15) is 0 Å². The lowest BCUT2D eigenvalue weighted by molar-refractivity contribution is 0.0991. The molecule has 5 nitrogen and oxygen atoms in total. The highest BCUT2D eigenvalue weighted by atomic mass is 35.5. The average molecular weight is 270 g/mol. The number of anilines is 1. The number of amides is 2. The number of carbonyl (C=O) groups excluding carboxylic acids is 1. The Bertz CT molecular complexity index is 428. The first-order valence-corrected chi connectivity index (χ1v) is 6.14. The van der Waals surface area contributed by atoms with Gasteiger partial charge in [0.25, 0.3) is 0 Å². The number of halogens is 1. The fourth-order valence-corrected chi connectivity index (χ4v) is 2.12. The molecule has 0 aromatic heterocycles. The number of urea groups is 1. The average Bonchev–Trinajstić information content (AvgIpc) is 2.79. The zero-order chi connectivity index (χ0) is 13.0. The Morgan fingerprint density at radius 3 is 2.94 bits per heavy atom. The minimum absolute atomic E-state index is 0.00185. The summed E-state index contributed by atoms with van der Waals surface area (Å²) in [5.41, 5.74) is 0.594. The van der Waals surface area contributed by atoms with Crippen molar-refractivity contribution in [2.45, 2.75) is 12.1 Å². The van der Waals surface area contributed by atoms with E-state index in [9.17, 15) is 4.79 Å². The van der Waals surface area contributed by atoms with Crippen LogP contribution in [0.3, 0.4) is 0 Å². The lowest BCUT2D eigenvalue weighted by Gasteiger charge is -2.19. The zero-order valence-corrected chi connectivity index (χ0v) is 10.8. The molecule has 3 N–H and O–H groups in total. The van der Waals surface area contributed by atoms with E-state index >= 15 is 0 Å². The molecule has 1 aliphatic heterocycles. The molecule has 6 heteroatoms. The topological polar surface area (TPSA) is 62.4 Å². The molecule has 0 aliphatic carbocycles. The molecule has 1 saturated heterocycles. The number of para-hydroxylation sites is 1. The van der Waals surface area contributed by atoms with E-state index in [1.807, 2.05) is 12.1 Å². The van der Waals surface area contributed by atoms with E-state index in [0.29, 0.717) is 17.3 Å². The summed E-state index contributed by atoms with van der Waals surface area (Å²) in [5.74, 6) is 0. The molecule has 1 aromatic rings. The van der Waals surface area contributed by atoms with Gasteiger partial charge in [0.2, 0.25) is 0 Å². The van der Waals surface area contributed by atoms with Crippen molar-refractivity contribution >= 4 is 23.3 Å². The summed E-state index contributed by atoms with van der Waals surface area (Å²) in [6.45, 7) is 1.45. The van der Waals surface area contributed by atoms with Crippen LogP contribution in [0.2, 0.25) is 5.02 Å². The minimum Gasteiger partial charge on any atom is -0.378 e. The van der Waals surface area contributed by atoms with Crippen LogP contribution in [0.15, 0.2) is 24.3 Å². The van der Waals surface area contributed by atoms with Gasteiger partial charge in [0.15, 0.2) is 0 Å². The van der Waals surface area contributed by atoms with Gasteiger partial charge in [-0.1, -0.05) is 23.7 Å². The Morgan fingerprint density at radius 1 is 1.44 bits per heavy atom. The van der Waals surface area contributed by atoms with Crippen molar-refractivity contribution in [1.29, 1.82) is 0 Å². The highest BCUT2D eigenvalue weighted by Crippen LogP contribution is 2.20. The van der Waals surface area contributed by atoms with E-state index in [0.717, 1.165) is 6.54 Å². The summed E-state index contributed by atoms with van der Waals surface area (Å²) in [5, 5.41) is 9.25. The predicted molar refractivity (Wildman–Crippen MR) is 71.1 cm³/mol. The molecular formula is C12H16ClN3O2. The number of carbonyl (C=O) groups is 1. The Morgan fingerprint density at radius 2 is 2.22 bits per heavy atom. The first-order valence-electron chi connectivity index (χ1n) is 5.76. The molecule has 0 radical (unpaired) electrons. The number of benzene rings is 1. The molecule has 1 heterocycles. The fraction of sp³-hybridized carbons (Fsp3) is 0.417. The highest BCUT2D eigenvalue weighted by molar-refractivity contribution is 6.33. The van der Waals surface area contributed by atoms with Crippen LogP contribution in [0.1, 0.15) is 0 Å². The number of hydrogen-bond donors (Lipinski definition) is 3. The number of methoxy groups -OCH3 is 1. The van der Waals surface area contributed by atoms with Gasteiger partial charge in [-0.25, -0.2) is 4.79 Å². The maximum atomic E-state index is 11.8. The molecule has 1 fully saturated rings. The van der Waals surface area contributed by atoms with Crippen molar-refractivity contribution in [1.82, 2.24) is 10.6 Å². The van der Waals surface area contributed by atoms with Crippen molar-refractivity contribution in [3.63, 3.8) is 0 Å². The third-order valence-corrected chi connectivity index (χ3v) is 3.23. The summed E-state index contributed by atoms with van der Waals surface area (Å²) in [7, 11) is 1.64. The van der Waals surface area contributed by atoms with Crippen LogP contribution in [0.4, 0.5) is 10.5 Å². The van der Waals surface area contributed by atoms with E-state index in [1.165, 1.54) is 0 Å². The van der Waals surface area contributed by atoms with Crippen molar-refractivity contribution in [2.75, 3.05) is 25.5 Å². The Hall–Kier alpha value is -1.30. The number of ether oxygens (including phenoxy) is 1. The van der Waals surface area contributed by atoms with Crippen LogP contribution in [-0.4, -0.2) is 38.4 Å². The van der Waals surface area contributed by atoms with Crippen LogP contribution < -0.4 is 16.0 Å². The van der Waals surface area contributed by atoms with Crippen molar-refractivity contribution in [3.8, 4) is 0 Å². The van der Waals surface area contributed by atoms with Crippen LogP contribution in [0, 0.1) is 0 Å². The second kappa shape index (κ2) is 6.04. The summed E-state index contributed by atoms with van der Waals surface area (Å²) < 4.78 is 5.27. The molecule has 0 bridgehead atoms. The highest BCUT2D eigenvalue weighted by Gasteiger charge is 2.28.